The summed E-state index contributed by atoms with van der Waals surface area (Å²) in [7, 11) is 0. The predicted octanol–water partition coefficient (Wildman–Crippen LogP) is 4.22. The molecule has 0 saturated carbocycles. The van der Waals surface area contributed by atoms with Gasteiger partial charge in [-0.05, 0) is 18.2 Å². The van der Waals surface area contributed by atoms with Crippen LogP contribution < -0.4 is 4.74 Å². The zero-order chi connectivity index (χ0) is 16.2. The molecule has 0 saturated heterocycles. The summed E-state index contributed by atoms with van der Waals surface area (Å²) in [5.74, 6) is -0.336. The molecule has 0 atom stereocenters. The van der Waals surface area contributed by atoms with E-state index in [9.17, 15) is 9.90 Å². The highest BCUT2D eigenvalue weighted by Gasteiger charge is 2.10. The summed E-state index contributed by atoms with van der Waals surface area (Å²) < 4.78 is 5.28. The highest BCUT2D eigenvalue weighted by atomic mass is 35.5. The van der Waals surface area contributed by atoms with Gasteiger partial charge in [0.1, 0.15) is 5.75 Å². The summed E-state index contributed by atoms with van der Waals surface area (Å²) in [6.07, 6.45) is 0. The lowest BCUT2D eigenvalue weighted by atomic mass is 10.2. The molecule has 1 amide bonds. The fraction of sp³-hybridized carbons (Fsp3) is 0.0625. The number of para-hydroxylation sites is 2. The topological polar surface area (TPSA) is 87.0 Å². The Balaban J connectivity index is 1.71. The van der Waals surface area contributed by atoms with Crippen LogP contribution in [-0.4, -0.2) is 22.6 Å². The summed E-state index contributed by atoms with van der Waals surface area (Å²) in [5.41, 5.74) is 0.922. The van der Waals surface area contributed by atoms with Crippen LogP contribution in [0.1, 0.15) is 0 Å². The molecule has 3 rings (SSSR count). The van der Waals surface area contributed by atoms with Crippen molar-refractivity contribution >= 4 is 34.1 Å². The van der Waals surface area contributed by atoms with E-state index in [-0.39, 0.29) is 18.2 Å². The summed E-state index contributed by atoms with van der Waals surface area (Å²) in [6.45, 7) is -0.295. The van der Waals surface area contributed by atoms with Gasteiger partial charge in [-0.1, -0.05) is 41.9 Å². The zero-order valence-electron chi connectivity index (χ0n) is 11.9. The molecule has 1 aromatic heterocycles. The number of hydrogen-bond acceptors (Lipinski definition) is 4. The molecule has 0 spiro atoms. The third kappa shape index (κ3) is 3.32. The van der Waals surface area contributed by atoms with Gasteiger partial charge in [-0.3, -0.25) is 4.79 Å². The molecule has 3 aromatic rings. The van der Waals surface area contributed by atoms with Crippen LogP contribution in [0.3, 0.4) is 0 Å². The van der Waals surface area contributed by atoms with E-state index >= 15 is 0 Å². The van der Waals surface area contributed by atoms with Crippen LogP contribution in [0.2, 0.25) is 5.02 Å². The largest absolute Gasteiger partial charge is 0.493 e. The van der Waals surface area contributed by atoms with Crippen LogP contribution in [0.25, 0.3) is 10.9 Å². The Morgan fingerprint density at radius 2 is 1.91 bits per heavy atom. The number of rotatable bonds is 4. The van der Waals surface area contributed by atoms with Crippen molar-refractivity contribution in [2.75, 3.05) is 6.61 Å². The number of ether oxygens (including phenoxy) is 1. The first-order valence-corrected chi connectivity index (χ1v) is 7.14. The number of halogens is 1. The zero-order valence-corrected chi connectivity index (χ0v) is 12.6. The van der Waals surface area contributed by atoms with Gasteiger partial charge in [0.25, 0.3) is 0 Å². The van der Waals surface area contributed by atoms with E-state index in [1.165, 1.54) is 0 Å². The highest BCUT2D eigenvalue weighted by Crippen LogP contribution is 2.35. The van der Waals surface area contributed by atoms with Crippen molar-refractivity contribution in [2.24, 2.45) is 10.2 Å². The number of carbonyl (C=O) groups is 1. The highest BCUT2D eigenvalue weighted by molar-refractivity contribution is 6.32. The second kappa shape index (κ2) is 6.50. The maximum atomic E-state index is 11.7. The number of amides is 1. The third-order valence-electron chi connectivity index (χ3n) is 3.11. The Morgan fingerprint density at radius 1 is 1.17 bits per heavy atom. The molecular weight excluding hydrogens is 318 g/mol. The van der Waals surface area contributed by atoms with Crippen LogP contribution in [0.15, 0.2) is 58.8 Å². The number of nitrogens with one attached hydrogen (secondary N) is 1. The van der Waals surface area contributed by atoms with Gasteiger partial charge in [0.2, 0.25) is 5.88 Å². The van der Waals surface area contributed by atoms with Crippen molar-refractivity contribution in [3.8, 4) is 11.6 Å². The summed E-state index contributed by atoms with van der Waals surface area (Å²) in [6, 6.07) is 14.0. The lowest BCUT2D eigenvalue weighted by Gasteiger charge is -2.04. The molecular formula is C16H12ClN3O3. The van der Waals surface area contributed by atoms with Crippen molar-refractivity contribution in [1.82, 2.24) is 4.98 Å². The Hall–Kier alpha value is -2.86. The van der Waals surface area contributed by atoms with Gasteiger partial charge in [0.05, 0.1) is 10.5 Å². The van der Waals surface area contributed by atoms with E-state index < -0.39 is 5.91 Å². The number of fused-ring (bicyclic) bond motifs is 1. The molecule has 7 heteroatoms. The van der Waals surface area contributed by atoms with Gasteiger partial charge < -0.3 is 14.8 Å². The number of nitrogens with zero attached hydrogens (tertiary/aromatic N) is 2. The average Bonchev–Trinajstić information content (AvgIpc) is 2.87. The van der Waals surface area contributed by atoms with E-state index in [0.29, 0.717) is 21.7 Å². The monoisotopic (exact) mass is 329 g/mol. The molecule has 0 aliphatic rings. The molecule has 2 N–H and O–H groups in total. The predicted molar refractivity (Wildman–Crippen MR) is 86.4 cm³/mol. The Labute approximate surface area is 136 Å². The van der Waals surface area contributed by atoms with Crippen LogP contribution in [0.5, 0.6) is 11.6 Å². The molecule has 0 bridgehead atoms. The van der Waals surface area contributed by atoms with Crippen molar-refractivity contribution in [2.45, 2.75) is 0 Å². The second-order valence-electron chi connectivity index (χ2n) is 4.68. The third-order valence-corrected chi connectivity index (χ3v) is 3.42. The van der Waals surface area contributed by atoms with Crippen molar-refractivity contribution in [3.63, 3.8) is 0 Å². The van der Waals surface area contributed by atoms with E-state index in [1.54, 1.807) is 42.5 Å². The molecule has 23 heavy (non-hydrogen) atoms. The summed E-state index contributed by atoms with van der Waals surface area (Å²) in [5, 5.41) is 18.3. The van der Waals surface area contributed by atoms with Crippen LogP contribution in [0, 0.1) is 0 Å². The quantitative estimate of drug-likeness (QED) is 0.702. The van der Waals surface area contributed by atoms with E-state index in [4.69, 9.17) is 16.3 Å². The maximum Gasteiger partial charge on any atom is 0.302 e. The van der Waals surface area contributed by atoms with Gasteiger partial charge in [0, 0.05) is 5.39 Å². The summed E-state index contributed by atoms with van der Waals surface area (Å²) in [4.78, 5) is 14.5. The SMILES string of the molecule is O=C(COc1ccccc1Cl)N=Nc1c(O)[nH]c2ccccc12. The van der Waals surface area contributed by atoms with Crippen LogP contribution >= 0.6 is 11.6 Å². The van der Waals surface area contributed by atoms with E-state index in [0.717, 1.165) is 0 Å². The smallest absolute Gasteiger partial charge is 0.302 e. The first kappa shape index (κ1) is 15.1. The lowest BCUT2D eigenvalue weighted by Crippen LogP contribution is -2.08. The van der Waals surface area contributed by atoms with Gasteiger partial charge >= 0.3 is 5.91 Å². The Kier molecular flexibility index (Phi) is 4.25. The number of H-pyrrole nitrogens is 1. The minimum absolute atomic E-state index is 0.144. The van der Waals surface area contributed by atoms with Crippen molar-refractivity contribution in [1.29, 1.82) is 0 Å². The number of hydrogen-bond donors (Lipinski definition) is 2. The molecule has 0 radical (unpaired) electrons. The van der Waals surface area contributed by atoms with Gasteiger partial charge in [-0.15, -0.1) is 10.2 Å². The second-order valence-corrected chi connectivity index (χ2v) is 5.09. The molecule has 0 fully saturated rings. The molecule has 1 heterocycles. The van der Waals surface area contributed by atoms with E-state index in [2.05, 4.69) is 15.2 Å². The molecule has 116 valence electrons. The van der Waals surface area contributed by atoms with E-state index in [1.807, 2.05) is 6.07 Å². The van der Waals surface area contributed by atoms with Crippen molar-refractivity contribution < 1.29 is 14.6 Å². The minimum atomic E-state index is -0.588. The number of carbonyl (C=O) groups excluding carboxylic acids is 1. The first-order chi connectivity index (χ1) is 11.1. The maximum absolute atomic E-state index is 11.7. The Morgan fingerprint density at radius 3 is 2.74 bits per heavy atom. The average molecular weight is 330 g/mol. The normalized spacial score (nSPS) is 11.2. The molecule has 0 aliphatic heterocycles. The number of aromatic nitrogens is 1. The summed E-state index contributed by atoms with van der Waals surface area (Å²) >= 11 is 5.92. The number of aromatic amines is 1. The molecule has 2 aromatic carbocycles. The van der Waals surface area contributed by atoms with Crippen LogP contribution in [-0.2, 0) is 4.79 Å². The number of azo groups is 1. The van der Waals surface area contributed by atoms with Gasteiger partial charge in [0.15, 0.2) is 12.3 Å². The lowest BCUT2D eigenvalue weighted by molar-refractivity contribution is -0.120. The van der Waals surface area contributed by atoms with Crippen molar-refractivity contribution in [3.05, 3.63) is 53.6 Å². The number of aromatic hydroxyl groups is 1. The Bertz CT molecular complexity index is 889. The van der Waals surface area contributed by atoms with Crippen LogP contribution in [0.4, 0.5) is 5.69 Å². The van der Waals surface area contributed by atoms with Gasteiger partial charge in [-0.2, -0.15) is 0 Å². The molecule has 0 aliphatic carbocycles. The fourth-order valence-electron chi connectivity index (χ4n) is 2.05. The fourth-order valence-corrected chi connectivity index (χ4v) is 2.24. The minimum Gasteiger partial charge on any atom is -0.493 e. The van der Waals surface area contributed by atoms with Gasteiger partial charge in [-0.25, -0.2) is 0 Å². The number of benzene rings is 2. The molecule has 0 unspecified atom stereocenters. The standard InChI is InChI=1S/C16H12ClN3O3/c17-11-6-2-4-8-13(11)23-9-14(21)19-20-15-10-5-1-3-7-12(10)18-16(15)22/h1-8,18,22H,9H2. The molecule has 6 nitrogen and oxygen atoms in total. The first-order valence-electron chi connectivity index (χ1n) is 6.76.